The van der Waals surface area contributed by atoms with E-state index in [0.29, 0.717) is 0 Å². The third kappa shape index (κ3) is 2.59. The molecule has 2 aliphatic rings. The molecule has 2 saturated heterocycles. The highest BCUT2D eigenvalue weighted by atomic mass is 15.3. The number of nitrogens with one attached hydrogen (secondary N) is 1. The summed E-state index contributed by atoms with van der Waals surface area (Å²) in [4.78, 5) is 2.68. The van der Waals surface area contributed by atoms with Crippen LogP contribution in [-0.2, 0) is 13.5 Å². The molecule has 0 saturated carbocycles. The topological polar surface area (TPSA) is 33.1 Å². The van der Waals surface area contributed by atoms with Crippen LogP contribution in [0.15, 0.2) is 12.3 Å². The number of rotatable bonds is 4. The first kappa shape index (κ1) is 12.2. The first-order valence-electron chi connectivity index (χ1n) is 7.27. The molecule has 2 unspecified atom stereocenters. The minimum absolute atomic E-state index is 0.734. The van der Waals surface area contributed by atoms with Gasteiger partial charge in [0.05, 0.1) is 0 Å². The molecule has 2 aliphatic heterocycles. The fourth-order valence-electron chi connectivity index (χ4n) is 3.46. The van der Waals surface area contributed by atoms with E-state index in [1.807, 2.05) is 17.9 Å². The molecule has 4 heteroatoms. The van der Waals surface area contributed by atoms with Crippen molar-refractivity contribution in [1.29, 1.82) is 0 Å². The molecule has 0 radical (unpaired) electrons. The third-order valence-electron chi connectivity index (χ3n) is 4.56. The minimum atomic E-state index is 0.734. The Labute approximate surface area is 109 Å². The Morgan fingerprint density at radius 1 is 1.39 bits per heavy atom. The molecule has 0 amide bonds. The minimum Gasteiger partial charge on any atom is -0.313 e. The van der Waals surface area contributed by atoms with Gasteiger partial charge in [-0.25, -0.2) is 0 Å². The van der Waals surface area contributed by atoms with Crippen LogP contribution in [0.1, 0.15) is 31.4 Å². The van der Waals surface area contributed by atoms with E-state index >= 15 is 0 Å². The summed E-state index contributed by atoms with van der Waals surface area (Å²) >= 11 is 0. The molecule has 0 aliphatic carbocycles. The zero-order chi connectivity index (χ0) is 12.4. The predicted octanol–water partition coefficient (Wildman–Crippen LogP) is 1.18. The molecule has 4 nitrogen and oxygen atoms in total. The van der Waals surface area contributed by atoms with Crippen molar-refractivity contribution in [2.24, 2.45) is 7.05 Å². The van der Waals surface area contributed by atoms with Gasteiger partial charge in [0.25, 0.3) is 0 Å². The Morgan fingerprint density at radius 2 is 2.33 bits per heavy atom. The van der Waals surface area contributed by atoms with Gasteiger partial charge in [-0.15, -0.1) is 0 Å². The van der Waals surface area contributed by atoms with Crippen molar-refractivity contribution in [3.8, 4) is 0 Å². The lowest BCUT2D eigenvalue weighted by Gasteiger charge is -2.35. The maximum atomic E-state index is 4.21. The second kappa shape index (κ2) is 5.41. The summed E-state index contributed by atoms with van der Waals surface area (Å²) in [6, 6.07) is 3.71. The number of piperidine rings is 1. The predicted molar refractivity (Wildman–Crippen MR) is 72.5 cm³/mol. The second-order valence-corrected chi connectivity index (χ2v) is 5.70. The van der Waals surface area contributed by atoms with Crippen molar-refractivity contribution in [2.45, 2.75) is 44.2 Å². The van der Waals surface area contributed by atoms with Gasteiger partial charge in [0.2, 0.25) is 0 Å². The van der Waals surface area contributed by atoms with Gasteiger partial charge in [0.15, 0.2) is 0 Å². The lowest BCUT2D eigenvalue weighted by molar-refractivity contribution is 0.167. The Kier molecular flexibility index (Phi) is 3.66. The molecular formula is C14H24N4. The monoisotopic (exact) mass is 248 g/mol. The Hall–Kier alpha value is -0.870. The molecule has 2 fully saturated rings. The highest BCUT2D eigenvalue weighted by molar-refractivity contribution is 5.00. The van der Waals surface area contributed by atoms with Crippen LogP contribution in [0, 0.1) is 0 Å². The van der Waals surface area contributed by atoms with Gasteiger partial charge in [0.1, 0.15) is 0 Å². The fraction of sp³-hybridized carbons (Fsp3) is 0.786. The van der Waals surface area contributed by atoms with Gasteiger partial charge in [-0.1, -0.05) is 0 Å². The highest BCUT2D eigenvalue weighted by Crippen LogP contribution is 2.26. The van der Waals surface area contributed by atoms with E-state index in [4.69, 9.17) is 0 Å². The normalized spacial score (nSPS) is 28.5. The van der Waals surface area contributed by atoms with Crippen LogP contribution >= 0.6 is 0 Å². The summed E-state index contributed by atoms with van der Waals surface area (Å²) < 4.78 is 1.97. The van der Waals surface area contributed by atoms with Crippen LogP contribution in [0.25, 0.3) is 0 Å². The van der Waals surface area contributed by atoms with E-state index in [-0.39, 0.29) is 0 Å². The van der Waals surface area contributed by atoms with Crippen LogP contribution in [0.4, 0.5) is 0 Å². The SMILES string of the molecule is Cn1nccc1CCNC1CCN2CCCC2C1. The van der Waals surface area contributed by atoms with Crippen molar-refractivity contribution in [3.63, 3.8) is 0 Å². The molecule has 1 aromatic heterocycles. The first-order chi connectivity index (χ1) is 8.83. The molecule has 0 bridgehead atoms. The summed E-state index contributed by atoms with van der Waals surface area (Å²) in [7, 11) is 2.02. The maximum Gasteiger partial charge on any atom is 0.0492 e. The van der Waals surface area contributed by atoms with Crippen LogP contribution < -0.4 is 5.32 Å². The van der Waals surface area contributed by atoms with E-state index in [0.717, 1.165) is 25.0 Å². The van der Waals surface area contributed by atoms with Crippen molar-refractivity contribution in [1.82, 2.24) is 20.0 Å². The number of fused-ring (bicyclic) bond motifs is 1. The van der Waals surface area contributed by atoms with E-state index in [1.165, 1.54) is 44.5 Å². The fourth-order valence-corrected chi connectivity index (χ4v) is 3.46. The molecule has 1 N–H and O–H groups in total. The van der Waals surface area contributed by atoms with Crippen LogP contribution in [0.2, 0.25) is 0 Å². The molecule has 100 valence electrons. The molecule has 3 heterocycles. The molecular weight excluding hydrogens is 224 g/mol. The Balaban J connectivity index is 1.42. The molecule has 0 aromatic carbocycles. The zero-order valence-electron chi connectivity index (χ0n) is 11.3. The summed E-state index contributed by atoms with van der Waals surface area (Å²) in [6.45, 7) is 3.72. The van der Waals surface area contributed by atoms with Crippen LogP contribution in [0.5, 0.6) is 0 Å². The van der Waals surface area contributed by atoms with E-state index < -0.39 is 0 Å². The lowest BCUT2D eigenvalue weighted by Crippen LogP contribution is -2.46. The number of hydrogen-bond acceptors (Lipinski definition) is 3. The van der Waals surface area contributed by atoms with Gasteiger partial charge < -0.3 is 10.2 Å². The smallest absolute Gasteiger partial charge is 0.0492 e. The second-order valence-electron chi connectivity index (χ2n) is 5.70. The van der Waals surface area contributed by atoms with Crippen molar-refractivity contribution in [3.05, 3.63) is 18.0 Å². The molecule has 0 spiro atoms. The lowest BCUT2D eigenvalue weighted by atomic mass is 9.97. The van der Waals surface area contributed by atoms with Crippen molar-refractivity contribution < 1.29 is 0 Å². The highest BCUT2D eigenvalue weighted by Gasteiger charge is 2.31. The summed E-state index contributed by atoms with van der Waals surface area (Å²) in [6.07, 6.45) is 8.47. The van der Waals surface area contributed by atoms with Crippen molar-refractivity contribution in [2.75, 3.05) is 19.6 Å². The molecule has 3 rings (SSSR count). The van der Waals surface area contributed by atoms with Gasteiger partial charge in [0, 0.05) is 44.0 Å². The van der Waals surface area contributed by atoms with Gasteiger partial charge in [-0.3, -0.25) is 4.68 Å². The van der Waals surface area contributed by atoms with Gasteiger partial charge >= 0.3 is 0 Å². The average Bonchev–Trinajstić information content (AvgIpc) is 2.98. The molecule has 18 heavy (non-hydrogen) atoms. The number of hydrogen-bond donors (Lipinski definition) is 1. The Morgan fingerprint density at radius 3 is 3.17 bits per heavy atom. The van der Waals surface area contributed by atoms with E-state index in [9.17, 15) is 0 Å². The standard InChI is InChI=1S/C14H24N4/c1-17-13(5-8-16-17)4-7-15-12-6-10-18-9-2-3-14(18)11-12/h5,8,12,14-15H,2-4,6-7,9-11H2,1H3. The van der Waals surface area contributed by atoms with E-state index in [2.05, 4.69) is 21.4 Å². The average molecular weight is 248 g/mol. The molecule has 2 atom stereocenters. The molecule has 1 aromatic rings. The van der Waals surface area contributed by atoms with E-state index in [1.54, 1.807) is 0 Å². The summed E-state index contributed by atoms with van der Waals surface area (Å²) in [5.74, 6) is 0. The van der Waals surface area contributed by atoms with Crippen molar-refractivity contribution >= 4 is 0 Å². The number of aryl methyl sites for hydroxylation is 1. The maximum absolute atomic E-state index is 4.21. The zero-order valence-corrected chi connectivity index (χ0v) is 11.3. The van der Waals surface area contributed by atoms with Crippen LogP contribution in [-0.4, -0.2) is 46.4 Å². The number of aromatic nitrogens is 2. The third-order valence-corrected chi connectivity index (χ3v) is 4.56. The summed E-state index contributed by atoms with van der Waals surface area (Å²) in [5.41, 5.74) is 1.32. The quantitative estimate of drug-likeness (QED) is 0.868. The van der Waals surface area contributed by atoms with Crippen LogP contribution in [0.3, 0.4) is 0 Å². The largest absolute Gasteiger partial charge is 0.313 e. The van der Waals surface area contributed by atoms with Gasteiger partial charge in [-0.2, -0.15) is 5.10 Å². The van der Waals surface area contributed by atoms with Gasteiger partial charge in [-0.05, 0) is 44.8 Å². The number of nitrogens with zero attached hydrogens (tertiary/aromatic N) is 3. The Bertz CT molecular complexity index is 387. The first-order valence-corrected chi connectivity index (χ1v) is 7.27. The summed E-state index contributed by atoms with van der Waals surface area (Å²) in [5, 5.41) is 7.94.